The normalized spacial score (nSPS) is 18.3. The van der Waals surface area contributed by atoms with Crippen LogP contribution in [0.3, 0.4) is 0 Å². The number of carbonyl (C=O) groups is 1. The molecule has 0 saturated heterocycles. The number of aromatic nitrogens is 2. The van der Waals surface area contributed by atoms with Crippen LogP contribution in [0.5, 0.6) is 0 Å². The predicted molar refractivity (Wildman–Crippen MR) is 99.3 cm³/mol. The van der Waals surface area contributed by atoms with Crippen molar-refractivity contribution in [3.05, 3.63) is 71.4 Å². The second-order valence-electron chi connectivity index (χ2n) is 7.74. The van der Waals surface area contributed by atoms with Crippen LogP contribution in [0.25, 0.3) is 5.69 Å². The Balaban J connectivity index is 1.75. The average molecular weight is 349 g/mol. The number of hydrogen-bond donors (Lipinski definition) is 1. The molecule has 1 amide bonds. The van der Waals surface area contributed by atoms with E-state index < -0.39 is 0 Å². The lowest BCUT2D eigenvalue weighted by Gasteiger charge is -2.36. The Morgan fingerprint density at radius 3 is 2.69 bits per heavy atom. The molecule has 0 unspecified atom stereocenters. The van der Waals surface area contributed by atoms with Crippen LogP contribution in [-0.2, 0) is 6.42 Å². The van der Waals surface area contributed by atoms with Crippen molar-refractivity contribution in [2.45, 2.75) is 39.7 Å². The van der Waals surface area contributed by atoms with Gasteiger partial charge in [-0.25, -0.2) is 4.68 Å². The van der Waals surface area contributed by atoms with Gasteiger partial charge in [-0.3, -0.25) is 4.79 Å². The third kappa shape index (κ3) is 2.94. The first-order valence-corrected chi connectivity index (χ1v) is 8.93. The summed E-state index contributed by atoms with van der Waals surface area (Å²) < 4.78 is 7.27. The summed E-state index contributed by atoms with van der Waals surface area (Å²) in [4.78, 5) is 12.6. The van der Waals surface area contributed by atoms with E-state index in [4.69, 9.17) is 9.52 Å². The lowest BCUT2D eigenvalue weighted by Crippen LogP contribution is -2.37. The minimum Gasteiger partial charge on any atom is -0.459 e. The van der Waals surface area contributed by atoms with Crippen LogP contribution in [-0.4, -0.2) is 15.7 Å². The standard InChI is InChI=1S/C21H23N3O2/c1-14-19-16(22-20(25)18-10-7-11-26-18)12-21(2,3)13-17(19)24(23-14)15-8-5-4-6-9-15/h4-11,16H,12-13H2,1-3H3,(H,22,25)/t16-/m1/s1. The lowest BCUT2D eigenvalue weighted by molar-refractivity contribution is 0.0891. The number of para-hydroxylation sites is 1. The topological polar surface area (TPSA) is 60.1 Å². The van der Waals surface area contributed by atoms with Gasteiger partial charge in [0.05, 0.1) is 29.4 Å². The van der Waals surface area contributed by atoms with E-state index in [-0.39, 0.29) is 17.4 Å². The van der Waals surface area contributed by atoms with Crippen LogP contribution in [0.15, 0.2) is 53.1 Å². The first-order chi connectivity index (χ1) is 12.4. The summed E-state index contributed by atoms with van der Waals surface area (Å²) in [6.45, 7) is 6.49. The molecule has 1 aliphatic rings. The van der Waals surface area contributed by atoms with Gasteiger partial charge in [0.1, 0.15) is 0 Å². The molecular formula is C21H23N3O2. The average Bonchev–Trinajstić information content (AvgIpc) is 3.23. The van der Waals surface area contributed by atoms with Crippen molar-refractivity contribution < 1.29 is 9.21 Å². The fourth-order valence-corrected chi connectivity index (χ4v) is 3.93. The number of aryl methyl sites for hydroxylation is 1. The van der Waals surface area contributed by atoms with Gasteiger partial charge in [0.2, 0.25) is 0 Å². The summed E-state index contributed by atoms with van der Waals surface area (Å²) in [5, 5.41) is 7.94. The van der Waals surface area contributed by atoms with Crippen LogP contribution in [0, 0.1) is 12.3 Å². The molecule has 134 valence electrons. The molecule has 3 aromatic rings. The highest BCUT2D eigenvalue weighted by Gasteiger charge is 2.37. The van der Waals surface area contributed by atoms with E-state index in [0.29, 0.717) is 5.76 Å². The Hall–Kier alpha value is -2.82. The highest BCUT2D eigenvalue weighted by molar-refractivity contribution is 5.91. The Morgan fingerprint density at radius 2 is 2.00 bits per heavy atom. The maximum absolute atomic E-state index is 12.6. The van der Waals surface area contributed by atoms with E-state index in [0.717, 1.165) is 29.8 Å². The summed E-state index contributed by atoms with van der Waals surface area (Å²) in [6.07, 6.45) is 3.31. The summed E-state index contributed by atoms with van der Waals surface area (Å²) in [7, 11) is 0. The zero-order valence-corrected chi connectivity index (χ0v) is 15.3. The largest absolute Gasteiger partial charge is 0.459 e. The van der Waals surface area contributed by atoms with Crippen molar-refractivity contribution in [2.75, 3.05) is 0 Å². The van der Waals surface area contributed by atoms with Crippen molar-refractivity contribution in [3.63, 3.8) is 0 Å². The molecule has 1 aromatic carbocycles. The van der Waals surface area contributed by atoms with Crippen molar-refractivity contribution in [1.82, 2.24) is 15.1 Å². The maximum atomic E-state index is 12.6. The minimum atomic E-state index is -0.185. The van der Waals surface area contributed by atoms with Gasteiger partial charge in [0, 0.05) is 5.56 Å². The predicted octanol–water partition coefficient (Wildman–Crippen LogP) is 4.22. The smallest absolute Gasteiger partial charge is 0.287 e. The van der Waals surface area contributed by atoms with Crippen molar-refractivity contribution >= 4 is 5.91 Å². The molecule has 5 nitrogen and oxygen atoms in total. The van der Waals surface area contributed by atoms with Crippen LogP contribution in [0.1, 0.15) is 53.8 Å². The second-order valence-corrected chi connectivity index (χ2v) is 7.74. The number of carbonyl (C=O) groups excluding carboxylic acids is 1. The molecule has 2 heterocycles. The molecule has 0 bridgehead atoms. The van der Waals surface area contributed by atoms with Crippen molar-refractivity contribution in [1.29, 1.82) is 0 Å². The third-order valence-corrected chi connectivity index (χ3v) is 5.01. The zero-order chi connectivity index (χ0) is 18.3. The van der Waals surface area contributed by atoms with Crippen molar-refractivity contribution in [2.24, 2.45) is 5.41 Å². The third-order valence-electron chi connectivity index (χ3n) is 5.01. The lowest BCUT2D eigenvalue weighted by atomic mass is 9.73. The summed E-state index contributed by atoms with van der Waals surface area (Å²) >= 11 is 0. The molecule has 0 saturated carbocycles. The molecule has 0 fully saturated rings. The molecule has 0 spiro atoms. The fraction of sp³-hybridized carbons (Fsp3) is 0.333. The number of benzene rings is 1. The van der Waals surface area contributed by atoms with Crippen LogP contribution < -0.4 is 5.32 Å². The summed E-state index contributed by atoms with van der Waals surface area (Å²) in [6, 6.07) is 13.5. The van der Waals surface area contributed by atoms with Gasteiger partial charge in [-0.2, -0.15) is 5.10 Å². The molecule has 4 rings (SSSR count). The van der Waals surface area contributed by atoms with Gasteiger partial charge in [-0.05, 0) is 49.4 Å². The molecule has 26 heavy (non-hydrogen) atoms. The fourth-order valence-electron chi connectivity index (χ4n) is 3.93. The number of nitrogens with zero attached hydrogens (tertiary/aromatic N) is 2. The van der Waals surface area contributed by atoms with Gasteiger partial charge in [-0.15, -0.1) is 0 Å². The van der Waals surface area contributed by atoms with Crippen LogP contribution >= 0.6 is 0 Å². The number of amides is 1. The Kier molecular flexibility index (Phi) is 3.94. The van der Waals surface area contributed by atoms with Crippen molar-refractivity contribution in [3.8, 4) is 5.69 Å². The van der Waals surface area contributed by atoms with Crippen LogP contribution in [0.2, 0.25) is 0 Å². The molecule has 1 atom stereocenters. The highest BCUT2D eigenvalue weighted by atomic mass is 16.3. The molecule has 2 aromatic heterocycles. The van der Waals surface area contributed by atoms with E-state index in [2.05, 4.69) is 31.3 Å². The first-order valence-electron chi connectivity index (χ1n) is 8.93. The monoisotopic (exact) mass is 349 g/mol. The molecular weight excluding hydrogens is 326 g/mol. The number of rotatable bonds is 3. The van der Waals surface area contributed by atoms with Gasteiger partial charge in [0.25, 0.3) is 5.91 Å². The van der Waals surface area contributed by atoms with E-state index in [1.165, 1.54) is 12.0 Å². The van der Waals surface area contributed by atoms with E-state index >= 15 is 0 Å². The zero-order valence-electron chi connectivity index (χ0n) is 15.3. The van der Waals surface area contributed by atoms with Gasteiger partial charge < -0.3 is 9.73 Å². The number of hydrogen-bond acceptors (Lipinski definition) is 3. The molecule has 0 radical (unpaired) electrons. The van der Waals surface area contributed by atoms with E-state index in [9.17, 15) is 4.79 Å². The van der Waals surface area contributed by atoms with Gasteiger partial charge in [-0.1, -0.05) is 32.0 Å². The Bertz CT molecular complexity index is 924. The molecule has 0 aliphatic heterocycles. The van der Waals surface area contributed by atoms with E-state index in [1.54, 1.807) is 12.1 Å². The van der Waals surface area contributed by atoms with Crippen LogP contribution in [0.4, 0.5) is 0 Å². The van der Waals surface area contributed by atoms with Gasteiger partial charge >= 0.3 is 0 Å². The Morgan fingerprint density at radius 1 is 1.23 bits per heavy atom. The summed E-state index contributed by atoms with van der Waals surface area (Å²) in [5.74, 6) is 0.151. The molecule has 5 heteroatoms. The molecule has 1 N–H and O–H groups in total. The Labute approximate surface area is 153 Å². The molecule has 1 aliphatic carbocycles. The highest BCUT2D eigenvalue weighted by Crippen LogP contribution is 2.42. The summed E-state index contributed by atoms with van der Waals surface area (Å²) in [5.41, 5.74) is 4.38. The second kappa shape index (κ2) is 6.16. The number of furan rings is 1. The van der Waals surface area contributed by atoms with Gasteiger partial charge in [0.15, 0.2) is 5.76 Å². The maximum Gasteiger partial charge on any atom is 0.287 e. The minimum absolute atomic E-state index is 0.0626. The first kappa shape index (κ1) is 16.6. The SMILES string of the molecule is Cc1nn(-c2ccccc2)c2c1[C@H](NC(=O)c1ccco1)CC(C)(C)C2. The number of nitrogens with one attached hydrogen (secondary N) is 1. The quantitative estimate of drug-likeness (QED) is 0.770. The number of fused-ring (bicyclic) bond motifs is 1. The van der Waals surface area contributed by atoms with E-state index in [1.807, 2.05) is 29.8 Å².